The van der Waals surface area contributed by atoms with Crippen LogP contribution in [-0.2, 0) is 24.1 Å². The van der Waals surface area contributed by atoms with Crippen LogP contribution in [0.15, 0.2) is 65.2 Å². The predicted octanol–water partition coefficient (Wildman–Crippen LogP) is 5.71. The molecule has 174 valence electrons. The molecule has 4 aromatic rings. The fourth-order valence-corrected chi connectivity index (χ4v) is 3.84. The quantitative estimate of drug-likeness (QED) is 0.363. The standard InChI is InChI=1S/C27H24F2N2O3/c1-16-10-22(34-17(16)2)12-20(27(32)33)14-24-25(13-19-11-21(28)8-9-23(19)29)31-26(15-30-24)18-6-4-3-5-7-18/h3-11,15,20H,12-14H2,1-2H3,(H,32,33). The molecular formula is C27H24F2N2O3. The van der Waals surface area contributed by atoms with Crippen molar-refractivity contribution in [2.45, 2.75) is 33.1 Å². The number of furan rings is 1. The first-order valence-electron chi connectivity index (χ1n) is 10.9. The molecule has 5 nitrogen and oxygen atoms in total. The van der Waals surface area contributed by atoms with Gasteiger partial charge in [-0.15, -0.1) is 0 Å². The van der Waals surface area contributed by atoms with Crippen LogP contribution in [-0.4, -0.2) is 21.0 Å². The number of carbonyl (C=O) groups is 1. The van der Waals surface area contributed by atoms with Gasteiger partial charge in [0.2, 0.25) is 0 Å². The number of nitrogens with zero attached hydrogens (tertiary/aromatic N) is 2. The van der Waals surface area contributed by atoms with Crippen LogP contribution in [0.5, 0.6) is 0 Å². The van der Waals surface area contributed by atoms with Crippen LogP contribution < -0.4 is 0 Å². The number of halogens is 2. The van der Waals surface area contributed by atoms with Gasteiger partial charge in [-0.3, -0.25) is 9.78 Å². The van der Waals surface area contributed by atoms with Crippen LogP contribution in [0.3, 0.4) is 0 Å². The first-order chi connectivity index (χ1) is 16.3. The highest BCUT2D eigenvalue weighted by Gasteiger charge is 2.24. The van der Waals surface area contributed by atoms with Gasteiger partial charge in [-0.2, -0.15) is 0 Å². The van der Waals surface area contributed by atoms with E-state index in [1.807, 2.05) is 50.2 Å². The van der Waals surface area contributed by atoms with E-state index in [-0.39, 0.29) is 24.8 Å². The van der Waals surface area contributed by atoms with Gasteiger partial charge < -0.3 is 9.52 Å². The summed E-state index contributed by atoms with van der Waals surface area (Å²) in [6.45, 7) is 3.73. The summed E-state index contributed by atoms with van der Waals surface area (Å²) in [5.41, 5.74) is 3.30. The molecule has 2 aromatic carbocycles. The molecule has 0 radical (unpaired) electrons. The third kappa shape index (κ3) is 5.36. The summed E-state index contributed by atoms with van der Waals surface area (Å²) in [6.07, 6.45) is 1.82. The lowest BCUT2D eigenvalue weighted by Gasteiger charge is -2.15. The van der Waals surface area contributed by atoms with Crippen LogP contribution >= 0.6 is 0 Å². The summed E-state index contributed by atoms with van der Waals surface area (Å²) < 4.78 is 33.9. The topological polar surface area (TPSA) is 76.2 Å². The minimum Gasteiger partial charge on any atom is -0.481 e. The maximum Gasteiger partial charge on any atom is 0.307 e. The number of benzene rings is 2. The molecule has 4 rings (SSSR count). The lowest BCUT2D eigenvalue weighted by molar-refractivity contribution is -0.141. The van der Waals surface area contributed by atoms with E-state index in [9.17, 15) is 18.7 Å². The second-order valence-electron chi connectivity index (χ2n) is 8.32. The lowest BCUT2D eigenvalue weighted by Crippen LogP contribution is -2.21. The van der Waals surface area contributed by atoms with E-state index in [0.29, 0.717) is 22.8 Å². The minimum atomic E-state index is -0.997. The number of hydrogen-bond donors (Lipinski definition) is 1. The third-order valence-corrected chi connectivity index (χ3v) is 5.82. The average molecular weight is 462 g/mol. The molecule has 0 aliphatic carbocycles. The van der Waals surface area contributed by atoms with Crippen molar-refractivity contribution in [2.75, 3.05) is 0 Å². The molecule has 0 spiro atoms. The van der Waals surface area contributed by atoms with Crippen LogP contribution in [0.4, 0.5) is 8.78 Å². The number of rotatable bonds is 8. The van der Waals surface area contributed by atoms with E-state index >= 15 is 0 Å². The predicted molar refractivity (Wildman–Crippen MR) is 123 cm³/mol. The summed E-state index contributed by atoms with van der Waals surface area (Å²) in [5, 5.41) is 9.87. The van der Waals surface area contributed by atoms with Gasteiger partial charge in [0.15, 0.2) is 0 Å². The molecule has 2 heterocycles. The van der Waals surface area contributed by atoms with Gasteiger partial charge in [-0.25, -0.2) is 13.8 Å². The monoisotopic (exact) mass is 462 g/mol. The Kier molecular flexibility index (Phi) is 6.82. The normalized spacial score (nSPS) is 12.0. The summed E-state index contributed by atoms with van der Waals surface area (Å²) >= 11 is 0. The Morgan fingerprint density at radius 1 is 1.03 bits per heavy atom. The molecule has 1 atom stereocenters. The number of aromatic nitrogens is 2. The summed E-state index contributed by atoms with van der Waals surface area (Å²) in [4.78, 5) is 21.3. The maximum absolute atomic E-state index is 14.4. The van der Waals surface area contributed by atoms with Crippen LogP contribution in [0, 0.1) is 31.4 Å². The van der Waals surface area contributed by atoms with Gasteiger partial charge in [0.1, 0.15) is 23.2 Å². The van der Waals surface area contributed by atoms with Crippen LogP contribution in [0.1, 0.15) is 34.0 Å². The Morgan fingerprint density at radius 3 is 2.47 bits per heavy atom. The number of aliphatic carboxylic acids is 1. The second kappa shape index (κ2) is 9.95. The second-order valence-corrected chi connectivity index (χ2v) is 8.32. The summed E-state index contributed by atoms with van der Waals surface area (Å²) in [6, 6.07) is 14.4. The summed E-state index contributed by atoms with van der Waals surface area (Å²) in [7, 11) is 0. The number of hydrogen-bond acceptors (Lipinski definition) is 4. The number of carboxylic acids is 1. The van der Waals surface area contributed by atoms with Crippen LogP contribution in [0.2, 0.25) is 0 Å². The van der Waals surface area contributed by atoms with Crippen molar-refractivity contribution < 1.29 is 23.1 Å². The molecule has 0 amide bonds. The van der Waals surface area contributed by atoms with Gasteiger partial charge in [0, 0.05) is 24.8 Å². The van der Waals surface area contributed by atoms with E-state index in [2.05, 4.69) is 9.97 Å². The highest BCUT2D eigenvalue weighted by atomic mass is 19.1. The van der Waals surface area contributed by atoms with Gasteiger partial charge >= 0.3 is 5.97 Å². The third-order valence-electron chi connectivity index (χ3n) is 5.82. The molecule has 0 bridgehead atoms. The Morgan fingerprint density at radius 2 is 1.79 bits per heavy atom. The largest absolute Gasteiger partial charge is 0.481 e. The Balaban J connectivity index is 1.70. The fourth-order valence-electron chi connectivity index (χ4n) is 3.84. The molecule has 7 heteroatoms. The van der Waals surface area contributed by atoms with Gasteiger partial charge in [0.05, 0.1) is 29.2 Å². The molecule has 0 saturated carbocycles. The van der Waals surface area contributed by atoms with Crippen molar-refractivity contribution in [3.05, 3.63) is 106 Å². The molecule has 0 fully saturated rings. The van der Waals surface area contributed by atoms with Gasteiger partial charge in [-0.05, 0) is 49.2 Å². The average Bonchev–Trinajstić information content (AvgIpc) is 3.14. The van der Waals surface area contributed by atoms with Gasteiger partial charge in [0.25, 0.3) is 0 Å². The van der Waals surface area contributed by atoms with E-state index in [4.69, 9.17) is 4.42 Å². The Hall–Kier alpha value is -3.87. The highest BCUT2D eigenvalue weighted by Crippen LogP contribution is 2.24. The zero-order chi connectivity index (χ0) is 24.2. The highest BCUT2D eigenvalue weighted by molar-refractivity contribution is 5.70. The molecular weight excluding hydrogens is 438 g/mol. The van der Waals surface area contributed by atoms with Gasteiger partial charge in [-0.1, -0.05) is 30.3 Å². The molecule has 0 saturated heterocycles. The van der Waals surface area contributed by atoms with Crippen molar-refractivity contribution in [2.24, 2.45) is 5.92 Å². The summed E-state index contributed by atoms with van der Waals surface area (Å²) in [5.74, 6) is -1.61. The van der Waals surface area contributed by atoms with Crippen molar-refractivity contribution in [3.63, 3.8) is 0 Å². The molecule has 34 heavy (non-hydrogen) atoms. The number of carboxylic acid groups (broad SMARTS) is 1. The zero-order valence-corrected chi connectivity index (χ0v) is 18.9. The van der Waals surface area contributed by atoms with Crippen molar-refractivity contribution in [1.29, 1.82) is 0 Å². The SMILES string of the molecule is Cc1cc(CC(Cc2ncc(-c3ccccc3)nc2Cc2cc(F)ccc2F)C(=O)O)oc1C. The fraction of sp³-hybridized carbons (Fsp3) is 0.222. The molecule has 0 aliphatic rings. The Labute approximate surface area is 196 Å². The van der Waals surface area contributed by atoms with Crippen molar-refractivity contribution >= 4 is 5.97 Å². The molecule has 1 unspecified atom stereocenters. The molecule has 1 N–H and O–H groups in total. The Bertz CT molecular complexity index is 1300. The van der Waals surface area contributed by atoms with Crippen molar-refractivity contribution in [3.8, 4) is 11.3 Å². The molecule has 2 aromatic heterocycles. The first kappa shape index (κ1) is 23.3. The number of aryl methyl sites for hydroxylation is 2. The molecule has 0 aliphatic heterocycles. The maximum atomic E-state index is 14.4. The van der Waals surface area contributed by atoms with E-state index < -0.39 is 23.5 Å². The first-order valence-corrected chi connectivity index (χ1v) is 10.9. The zero-order valence-electron chi connectivity index (χ0n) is 18.9. The van der Waals surface area contributed by atoms with E-state index in [1.165, 1.54) is 0 Å². The minimum absolute atomic E-state index is 0.0160. The smallest absolute Gasteiger partial charge is 0.307 e. The van der Waals surface area contributed by atoms with E-state index in [1.54, 1.807) is 6.20 Å². The lowest BCUT2D eigenvalue weighted by atomic mass is 9.95. The van der Waals surface area contributed by atoms with Crippen LogP contribution in [0.25, 0.3) is 11.3 Å². The van der Waals surface area contributed by atoms with Crippen molar-refractivity contribution in [1.82, 2.24) is 9.97 Å². The van der Waals surface area contributed by atoms with E-state index in [0.717, 1.165) is 35.1 Å².